The molecule has 1 saturated heterocycles. The number of nitrogens with one attached hydrogen (secondary N) is 1. The third-order valence-electron chi connectivity index (χ3n) is 3.28. The first-order valence-corrected chi connectivity index (χ1v) is 6.61. The summed E-state index contributed by atoms with van der Waals surface area (Å²) in [6, 6.07) is 7.47. The molecule has 5 heteroatoms. The molecule has 1 aromatic carbocycles. The number of rotatable bonds is 3. The van der Waals surface area contributed by atoms with E-state index in [4.69, 9.17) is 16.1 Å². The second kappa shape index (κ2) is 5.08. The van der Waals surface area contributed by atoms with Gasteiger partial charge in [0.05, 0.1) is 13.1 Å². The molecular weight excluding hydrogens is 250 g/mol. The normalized spacial score (nSPS) is 16.3. The Hall–Kier alpha value is -1.39. The predicted molar refractivity (Wildman–Crippen MR) is 68.4 cm³/mol. The van der Waals surface area contributed by atoms with E-state index in [1.165, 1.54) is 30.8 Å². The number of nitrogens with zero attached hydrogens (tertiary/aromatic N) is 2. The van der Waals surface area contributed by atoms with Crippen molar-refractivity contribution in [3.8, 4) is 11.4 Å². The van der Waals surface area contributed by atoms with E-state index in [0.29, 0.717) is 10.8 Å². The van der Waals surface area contributed by atoms with Crippen molar-refractivity contribution in [2.24, 2.45) is 0 Å². The highest BCUT2D eigenvalue weighted by Gasteiger charge is 2.19. The molecule has 1 N–H and O–H groups in total. The van der Waals surface area contributed by atoms with Gasteiger partial charge in [-0.2, -0.15) is 4.98 Å². The third kappa shape index (κ3) is 2.54. The summed E-state index contributed by atoms with van der Waals surface area (Å²) in [4.78, 5) is 5.96. The lowest BCUT2D eigenvalue weighted by Crippen LogP contribution is -3.08. The summed E-state index contributed by atoms with van der Waals surface area (Å²) < 4.78 is 5.30. The largest absolute Gasteiger partial charge is 0.333 e. The topological polar surface area (TPSA) is 43.4 Å². The Bertz CT molecular complexity index is 517. The van der Waals surface area contributed by atoms with Gasteiger partial charge in [0.1, 0.15) is 0 Å². The van der Waals surface area contributed by atoms with E-state index in [-0.39, 0.29) is 0 Å². The number of hydrogen-bond donors (Lipinski definition) is 1. The predicted octanol–water partition coefficient (Wildman–Crippen LogP) is 1.57. The van der Waals surface area contributed by atoms with Gasteiger partial charge in [-0.1, -0.05) is 16.8 Å². The van der Waals surface area contributed by atoms with Gasteiger partial charge in [0, 0.05) is 23.4 Å². The standard InChI is InChI=1S/C13H14ClN3O/c14-11-5-3-10(4-6-11)13-15-12(18-16-13)9-17-7-1-2-8-17/h3-6H,1-2,7-9H2/p+1. The van der Waals surface area contributed by atoms with Crippen LogP contribution in [0.1, 0.15) is 18.7 Å². The number of likely N-dealkylation sites (tertiary alicyclic amines) is 1. The van der Waals surface area contributed by atoms with Crippen molar-refractivity contribution in [2.45, 2.75) is 19.4 Å². The lowest BCUT2D eigenvalue weighted by atomic mass is 10.2. The molecule has 0 aliphatic carbocycles. The van der Waals surface area contributed by atoms with Crippen LogP contribution in [0.15, 0.2) is 28.8 Å². The maximum atomic E-state index is 5.85. The second-order valence-electron chi connectivity index (χ2n) is 4.65. The molecule has 0 amide bonds. The van der Waals surface area contributed by atoms with E-state index in [0.717, 1.165) is 18.0 Å². The average Bonchev–Trinajstić information content (AvgIpc) is 3.02. The van der Waals surface area contributed by atoms with Gasteiger partial charge in [-0.3, -0.25) is 0 Å². The van der Waals surface area contributed by atoms with Crippen LogP contribution in [0.25, 0.3) is 11.4 Å². The van der Waals surface area contributed by atoms with E-state index < -0.39 is 0 Å². The number of quaternary nitrogens is 1. The summed E-state index contributed by atoms with van der Waals surface area (Å²) in [5.41, 5.74) is 0.936. The lowest BCUT2D eigenvalue weighted by molar-refractivity contribution is -0.902. The first-order chi connectivity index (χ1) is 8.81. The molecule has 0 atom stereocenters. The minimum Gasteiger partial charge on any atom is -0.333 e. The van der Waals surface area contributed by atoms with Crippen molar-refractivity contribution >= 4 is 11.6 Å². The Kier molecular flexibility index (Phi) is 3.30. The lowest BCUT2D eigenvalue weighted by Gasteiger charge is -2.07. The Morgan fingerprint density at radius 3 is 2.61 bits per heavy atom. The fraction of sp³-hybridized carbons (Fsp3) is 0.385. The van der Waals surface area contributed by atoms with E-state index in [1.807, 2.05) is 24.3 Å². The molecule has 4 nitrogen and oxygen atoms in total. The molecule has 1 aliphatic rings. The summed E-state index contributed by atoms with van der Waals surface area (Å²) in [5, 5.41) is 4.73. The molecule has 3 rings (SSSR count). The van der Waals surface area contributed by atoms with Crippen LogP contribution in [0.5, 0.6) is 0 Å². The molecule has 0 spiro atoms. The van der Waals surface area contributed by atoms with Gasteiger partial charge in [0.15, 0.2) is 6.54 Å². The fourth-order valence-electron chi connectivity index (χ4n) is 2.31. The summed E-state index contributed by atoms with van der Waals surface area (Å²) >= 11 is 5.85. The van der Waals surface area contributed by atoms with Crippen molar-refractivity contribution in [1.29, 1.82) is 0 Å². The molecule has 1 aromatic heterocycles. The monoisotopic (exact) mass is 264 g/mol. The number of benzene rings is 1. The molecule has 0 unspecified atom stereocenters. The van der Waals surface area contributed by atoms with E-state index in [9.17, 15) is 0 Å². The quantitative estimate of drug-likeness (QED) is 0.915. The Labute approximate surface area is 111 Å². The molecule has 0 bridgehead atoms. The van der Waals surface area contributed by atoms with Crippen LogP contribution in [-0.4, -0.2) is 23.2 Å². The molecule has 2 heterocycles. The van der Waals surface area contributed by atoms with Crippen LogP contribution >= 0.6 is 11.6 Å². The Balaban J connectivity index is 1.74. The van der Waals surface area contributed by atoms with E-state index in [1.54, 1.807) is 0 Å². The van der Waals surface area contributed by atoms with Gasteiger partial charge in [-0.25, -0.2) is 0 Å². The molecule has 0 radical (unpaired) electrons. The van der Waals surface area contributed by atoms with Crippen molar-refractivity contribution in [2.75, 3.05) is 13.1 Å². The molecule has 18 heavy (non-hydrogen) atoms. The van der Waals surface area contributed by atoms with Gasteiger partial charge in [0.2, 0.25) is 5.82 Å². The molecule has 1 fully saturated rings. The molecule has 1 aliphatic heterocycles. The summed E-state index contributed by atoms with van der Waals surface area (Å²) in [6.07, 6.45) is 2.60. The van der Waals surface area contributed by atoms with E-state index in [2.05, 4.69) is 10.1 Å². The second-order valence-corrected chi connectivity index (χ2v) is 5.09. The highest BCUT2D eigenvalue weighted by molar-refractivity contribution is 6.30. The van der Waals surface area contributed by atoms with Crippen LogP contribution in [0.3, 0.4) is 0 Å². The molecule has 94 valence electrons. The SMILES string of the molecule is Clc1ccc(-c2noc(C[NH+]3CCCC3)n2)cc1. The van der Waals surface area contributed by atoms with Crippen LogP contribution in [0.4, 0.5) is 0 Å². The van der Waals surface area contributed by atoms with E-state index >= 15 is 0 Å². The zero-order chi connectivity index (χ0) is 12.4. The van der Waals surface area contributed by atoms with Crippen LogP contribution in [0.2, 0.25) is 5.02 Å². The van der Waals surface area contributed by atoms with Crippen LogP contribution in [0, 0.1) is 0 Å². The van der Waals surface area contributed by atoms with Crippen LogP contribution in [-0.2, 0) is 6.54 Å². The average molecular weight is 265 g/mol. The minimum absolute atomic E-state index is 0.639. The fourth-order valence-corrected chi connectivity index (χ4v) is 2.43. The van der Waals surface area contributed by atoms with Crippen molar-refractivity contribution in [1.82, 2.24) is 10.1 Å². The third-order valence-corrected chi connectivity index (χ3v) is 3.53. The molecular formula is C13H15ClN3O+. The summed E-state index contributed by atoms with van der Waals surface area (Å²) in [5.74, 6) is 1.36. The first-order valence-electron chi connectivity index (χ1n) is 6.23. The Morgan fingerprint density at radius 1 is 1.17 bits per heavy atom. The first kappa shape index (κ1) is 11.7. The highest BCUT2D eigenvalue weighted by Crippen LogP contribution is 2.18. The maximum Gasteiger partial charge on any atom is 0.282 e. The van der Waals surface area contributed by atoms with Gasteiger partial charge >= 0.3 is 0 Å². The highest BCUT2D eigenvalue weighted by atomic mass is 35.5. The molecule has 0 saturated carbocycles. The Morgan fingerprint density at radius 2 is 1.89 bits per heavy atom. The maximum absolute atomic E-state index is 5.85. The number of halogens is 1. The van der Waals surface area contributed by atoms with Gasteiger partial charge in [-0.05, 0) is 24.3 Å². The minimum atomic E-state index is 0.639. The zero-order valence-electron chi connectivity index (χ0n) is 10.0. The molecule has 2 aromatic rings. The van der Waals surface area contributed by atoms with Gasteiger partial charge in [-0.15, -0.1) is 0 Å². The summed E-state index contributed by atoms with van der Waals surface area (Å²) in [6.45, 7) is 3.25. The summed E-state index contributed by atoms with van der Waals surface area (Å²) in [7, 11) is 0. The number of hydrogen-bond acceptors (Lipinski definition) is 3. The smallest absolute Gasteiger partial charge is 0.282 e. The van der Waals surface area contributed by atoms with Crippen molar-refractivity contribution in [3.05, 3.63) is 35.2 Å². The van der Waals surface area contributed by atoms with Crippen molar-refractivity contribution < 1.29 is 9.42 Å². The van der Waals surface area contributed by atoms with Gasteiger partial charge in [0.25, 0.3) is 5.89 Å². The van der Waals surface area contributed by atoms with Crippen LogP contribution < -0.4 is 4.90 Å². The van der Waals surface area contributed by atoms with Gasteiger partial charge < -0.3 is 9.42 Å². The number of aromatic nitrogens is 2. The van der Waals surface area contributed by atoms with Crippen molar-refractivity contribution in [3.63, 3.8) is 0 Å². The zero-order valence-corrected chi connectivity index (χ0v) is 10.8.